The van der Waals surface area contributed by atoms with Crippen LogP contribution in [0.3, 0.4) is 0 Å². The van der Waals surface area contributed by atoms with E-state index in [9.17, 15) is 9.59 Å². The predicted molar refractivity (Wildman–Crippen MR) is 96.5 cm³/mol. The fraction of sp³-hybridized carbons (Fsp3) is 0.389. The fourth-order valence-corrected chi connectivity index (χ4v) is 3.65. The van der Waals surface area contributed by atoms with Gasteiger partial charge in [-0.2, -0.15) is 0 Å². The van der Waals surface area contributed by atoms with Crippen LogP contribution in [0.25, 0.3) is 6.08 Å². The minimum Gasteiger partial charge on any atom is -0.464 e. The van der Waals surface area contributed by atoms with E-state index in [0.29, 0.717) is 18.8 Å². The van der Waals surface area contributed by atoms with Crippen molar-refractivity contribution >= 4 is 29.3 Å². The van der Waals surface area contributed by atoms with Crippen LogP contribution < -0.4 is 0 Å². The second kappa shape index (κ2) is 7.65. The topological polar surface area (TPSA) is 64.4 Å². The van der Waals surface area contributed by atoms with Crippen LogP contribution in [-0.2, 0) is 9.53 Å². The maximum Gasteiger partial charge on any atom is 0.354 e. The van der Waals surface area contributed by atoms with Crippen LogP contribution in [0.2, 0.25) is 0 Å². The molecule has 1 aliphatic heterocycles. The lowest BCUT2D eigenvalue weighted by molar-refractivity contribution is -0.127. The Morgan fingerprint density at radius 3 is 2.76 bits per heavy atom. The molecule has 0 bridgehead atoms. The largest absolute Gasteiger partial charge is 0.464 e. The molecule has 132 valence electrons. The van der Waals surface area contributed by atoms with E-state index in [-0.39, 0.29) is 17.9 Å². The molecule has 0 saturated carbocycles. The molecule has 1 saturated heterocycles. The van der Waals surface area contributed by atoms with Crippen LogP contribution >= 0.6 is 11.3 Å². The van der Waals surface area contributed by atoms with Crippen LogP contribution in [0, 0.1) is 6.92 Å². The number of thiazole rings is 1. The highest BCUT2D eigenvalue weighted by atomic mass is 32.1. The van der Waals surface area contributed by atoms with Crippen LogP contribution in [0.1, 0.15) is 40.1 Å². The maximum absolute atomic E-state index is 12.3. The monoisotopic (exact) mass is 359 g/mol. The zero-order valence-corrected chi connectivity index (χ0v) is 15.2. The lowest BCUT2D eigenvalue weighted by atomic mass is 10.0. The van der Waals surface area contributed by atoms with E-state index < -0.39 is 0 Å². The van der Waals surface area contributed by atoms with Crippen molar-refractivity contribution in [1.29, 1.82) is 0 Å². The van der Waals surface area contributed by atoms with E-state index in [1.54, 1.807) is 29.6 Å². The highest BCUT2D eigenvalue weighted by Gasteiger charge is 2.25. The third-order valence-electron chi connectivity index (χ3n) is 4.38. The van der Waals surface area contributed by atoms with Gasteiger partial charge in [0.05, 0.1) is 17.8 Å². The number of likely N-dealkylation sites (tertiary alicyclic amines) is 1. The molecule has 1 amide bonds. The van der Waals surface area contributed by atoms with Crippen LogP contribution in [0.15, 0.2) is 29.8 Å². The van der Waals surface area contributed by atoms with Gasteiger partial charge >= 0.3 is 5.97 Å². The van der Waals surface area contributed by atoms with Crippen LogP contribution in [0.5, 0.6) is 0 Å². The first-order chi connectivity index (χ1) is 12.1. The number of carbonyl (C=O) groups excluding carboxylic acids is 2. The Bertz CT molecular complexity index is 785. The van der Waals surface area contributed by atoms with Crippen molar-refractivity contribution in [2.75, 3.05) is 20.2 Å². The molecule has 0 unspecified atom stereocenters. The van der Waals surface area contributed by atoms with Crippen molar-refractivity contribution < 1.29 is 14.3 Å². The first-order valence-electron chi connectivity index (χ1n) is 8.22. The van der Waals surface area contributed by atoms with Crippen molar-refractivity contribution in [2.45, 2.75) is 25.8 Å². The molecule has 3 rings (SSSR count). The van der Waals surface area contributed by atoms with E-state index >= 15 is 0 Å². The summed E-state index contributed by atoms with van der Waals surface area (Å²) < 4.78 is 6.78. The van der Waals surface area contributed by atoms with E-state index in [0.717, 1.165) is 23.5 Å². The van der Waals surface area contributed by atoms with Crippen molar-refractivity contribution in [3.05, 3.63) is 46.2 Å². The van der Waals surface area contributed by atoms with Crippen molar-refractivity contribution in [1.82, 2.24) is 14.5 Å². The van der Waals surface area contributed by atoms with Gasteiger partial charge in [-0.1, -0.05) is 0 Å². The van der Waals surface area contributed by atoms with Gasteiger partial charge in [-0.15, -0.1) is 11.3 Å². The van der Waals surface area contributed by atoms with Gasteiger partial charge in [-0.05, 0) is 38.0 Å². The average molecular weight is 359 g/mol. The number of carbonyl (C=O) groups is 2. The van der Waals surface area contributed by atoms with Crippen molar-refractivity contribution in [2.24, 2.45) is 0 Å². The third-order valence-corrected chi connectivity index (χ3v) is 5.17. The number of aryl methyl sites for hydroxylation is 1. The molecule has 7 heteroatoms. The molecule has 1 fully saturated rings. The van der Waals surface area contributed by atoms with Gasteiger partial charge in [0.2, 0.25) is 5.91 Å². The standard InChI is InChI=1S/C18H21N3O3S/c1-13-19-14(12-25-13)5-6-17(22)20-10-7-15(8-11-20)21-9-3-4-16(21)18(23)24-2/h3-6,9,12,15H,7-8,10-11H2,1-2H3/b6-5+. The third kappa shape index (κ3) is 3.99. The summed E-state index contributed by atoms with van der Waals surface area (Å²) in [5, 5.41) is 2.92. The maximum atomic E-state index is 12.3. The Morgan fingerprint density at radius 2 is 2.12 bits per heavy atom. The molecule has 0 aliphatic carbocycles. The second-order valence-corrected chi connectivity index (χ2v) is 7.04. The van der Waals surface area contributed by atoms with Gasteiger partial charge in [0, 0.05) is 36.8 Å². The lowest BCUT2D eigenvalue weighted by Crippen LogP contribution is -2.38. The smallest absolute Gasteiger partial charge is 0.354 e. The molecule has 2 aromatic rings. The number of rotatable bonds is 4. The number of aromatic nitrogens is 2. The normalized spacial score (nSPS) is 15.7. The number of esters is 1. The number of ether oxygens (including phenoxy) is 1. The van der Waals surface area contributed by atoms with Gasteiger partial charge in [0.15, 0.2) is 0 Å². The molecule has 0 atom stereocenters. The van der Waals surface area contributed by atoms with Gasteiger partial charge < -0.3 is 14.2 Å². The van der Waals surface area contributed by atoms with E-state index in [1.807, 2.05) is 34.0 Å². The second-order valence-electron chi connectivity index (χ2n) is 5.97. The highest BCUT2D eigenvalue weighted by molar-refractivity contribution is 7.09. The van der Waals surface area contributed by atoms with Crippen LogP contribution in [-0.4, -0.2) is 46.5 Å². The minimum atomic E-state index is -0.329. The quantitative estimate of drug-likeness (QED) is 0.622. The molecule has 0 aromatic carbocycles. The Labute approximate surface area is 150 Å². The Kier molecular flexibility index (Phi) is 5.33. The number of amides is 1. The Morgan fingerprint density at radius 1 is 1.36 bits per heavy atom. The van der Waals surface area contributed by atoms with Gasteiger partial charge in [-0.25, -0.2) is 9.78 Å². The predicted octanol–water partition coefficient (Wildman–Crippen LogP) is 2.92. The molecule has 6 nitrogen and oxygen atoms in total. The van der Waals surface area contributed by atoms with Crippen molar-refractivity contribution in [3.63, 3.8) is 0 Å². The fourth-order valence-electron chi connectivity index (χ4n) is 3.07. The highest BCUT2D eigenvalue weighted by Crippen LogP contribution is 2.25. The zero-order chi connectivity index (χ0) is 17.8. The SMILES string of the molecule is COC(=O)c1cccn1C1CCN(C(=O)/C=C/c2csc(C)n2)CC1. The summed E-state index contributed by atoms with van der Waals surface area (Å²) in [5.74, 6) is -0.324. The molecule has 1 aliphatic rings. The number of hydrogen-bond donors (Lipinski definition) is 0. The van der Waals surface area contributed by atoms with E-state index in [1.165, 1.54) is 7.11 Å². The number of methoxy groups -OCH3 is 1. The molecule has 0 N–H and O–H groups in total. The molecule has 2 aromatic heterocycles. The number of hydrogen-bond acceptors (Lipinski definition) is 5. The first kappa shape index (κ1) is 17.4. The summed E-state index contributed by atoms with van der Waals surface area (Å²) in [7, 11) is 1.39. The average Bonchev–Trinajstić information content (AvgIpc) is 3.28. The summed E-state index contributed by atoms with van der Waals surface area (Å²) in [6.45, 7) is 3.28. The molecule has 3 heterocycles. The zero-order valence-electron chi connectivity index (χ0n) is 14.3. The molecule has 25 heavy (non-hydrogen) atoms. The number of piperidine rings is 1. The van der Waals surface area contributed by atoms with Crippen molar-refractivity contribution in [3.8, 4) is 0 Å². The lowest BCUT2D eigenvalue weighted by Gasteiger charge is -2.32. The number of nitrogens with zero attached hydrogens (tertiary/aromatic N) is 3. The summed E-state index contributed by atoms with van der Waals surface area (Å²) in [6, 6.07) is 3.82. The summed E-state index contributed by atoms with van der Waals surface area (Å²) in [4.78, 5) is 30.3. The van der Waals surface area contributed by atoms with Gasteiger partial charge in [0.25, 0.3) is 0 Å². The summed E-state index contributed by atoms with van der Waals surface area (Å²) in [6.07, 6.45) is 6.88. The minimum absolute atomic E-state index is 0.00444. The Balaban J connectivity index is 1.58. The van der Waals surface area contributed by atoms with Gasteiger partial charge in [-0.3, -0.25) is 4.79 Å². The molecule has 0 radical (unpaired) electrons. The Hall–Kier alpha value is -2.41. The summed E-state index contributed by atoms with van der Waals surface area (Å²) >= 11 is 1.57. The van der Waals surface area contributed by atoms with Gasteiger partial charge in [0.1, 0.15) is 5.69 Å². The molecule has 0 spiro atoms. The first-order valence-corrected chi connectivity index (χ1v) is 9.10. The molecular formula is C18H21N3O3S. The molecular weight excluding hydrogens is 338 g/mol. The summed E-state index contributed by atoms with van der Waals surface area (Å²) in [5.41, 5.74) is 1.38. The van der Waals surface area contributed by atoms with Crippen LogP contribution in [0.4, 0.5) is 0 Å². The van der Waals surface area contributed by atoms with E-state index in [2.05, 4.69) is 4.98 Å². The van der Waals surface area contributed by atoms with E-state index in [4.69, 9.17) is 4.74 Å².